The second-order valence-corrected chi connectivity index (χ2v) is 5.87. The summed E-state index contributed by atoms with van der Waals surface area (Å²) in [5.74, 6) is -1.53. The Labute approximate surface area is 138 Å². The van der Waals surface area contributed by atoms with E-state index >= 15 is 0 Å². The van der Waals surface area contributed by atoms with Gasteiger partial charge in [-0.15, -0.1) is 0 Å². The second-order valence-electron chi connectivity index (χ2n) is 5.87. The molecule has 0 aliphatic rings. The minimum absolute atomic E-state index is 0.0526. The van der Waals surface area contributed by atoms with Gasteiger partial charge in [0.05, 0.1) is 12.1 Å². The summed E-state index contributed by atoms with van der Waals surface area (Å²) in [6, 6.07) is -1.78. The molecule has 1 unspecified atom stereocenters. The van der Waals surface area contributed by atoms with Gasteiger partial charge in [-0.2, -0.15) is 0 Å². The van der Waals surface area contributed by atoms with Crippen molar-refractivity contribution < 1.29 is 19.8 Å². The molecule has 136 valence electrons. The van der Waals surface area contributed by atoms with E-state index in [1.165, 1.54) is 11.8 Å². The molecular formula is C15H32N4O4. The molecule has 0 spiro atoms. The van der Waals surface area contributed by atoms with Crippen LogP contribution in [0, 0.1) is 0 Å². The molecule has 0 bridgehead atoms. The number of nitrogens with zero attached hydrogens (tertiary/aromatic N) is 1. The molecule has 0 rings (SSSR count). The van der Waals surface area contributed by atoms with Gasteiger partial charge in [0, 0.05) is 6.54 Å². The fourth-order valence-electron chi connectivity index (χ4n) is 2.40. The summed E-state index contributed by atoms with van der Waals surface area (Å²) in [6.45, 7) is 2.45. The van der Waals surface area contributed by atoms with Crippen LogP contribution in [0.3, 0.4) is 0 Å². The van der Waals surface area contributed by atoms with Crippen molar-refractivity contribution in [3.05, 3.63) is 0 Å². The highest BCUT2D eigenvalue weighted by Gasteiger charge is 2.32. The number of rotatable bonds is 13. The van der Waals surface area contributed by atoms with Gasteiger partial charge >= 0.3 is 5.97 Å². The van der Waals surface area contributed by atoms with Crippen LogP contribution in [0.1, 0.15) is 45.4 Å². The number of carboxylic acids is 1. The number of nitrogens with two attached hydrogens (primary N) is 3. The van der Waals surface area contributed by atoms with Crippen LogP contribution in [0.15, 0.2) is 0 Å². The lowest BCUT2D eigenvalue weighted by molar-refractivity contribution is -0.152. The maximum absolute atomic E-state index is 12.5. The number of unbranched alkanes of at least 4 members (excludes halogenated alkanes) is 2. The van der Waals surface area contributed by atoms with Crippen LogP contribution < -0.4 is 17.2 Å². The summed E-state index contributed by atoms with van der Waals surface area (Å²) >= 11 is 0. The zero-order valence-electron chi connectivity index (χ0n) is 14.0. The van der Waals surface area contributed by atoms with Crippen LogP contribution in [0.4, 0.5) is 0 Å². The molecule has 0 aromatic rings. The Bertz CT molecular complexity index is 352. The minimum atomic E-state index is -1.09. The fourth-order valence-corrected chi connectivity index (χ4v) is 2.40. The monoisotopic (exact) mass is 332 g/mol. The van der Waals surface area contributed by atoms with Gasteiger partial charge in [-0.1, -0.05) is 6.42 Å². The molecular weight excluding hydrogens is 300 g/mol. The number of amides is 1. The van der Waals surface area contributed by atoms with Crippen molar-refractivity contribution in [1.82, 2.24) is 4.90 Å². The van der Waals surface area contributed by atoms with Crippen LogP contribution in [0.25, 0.3) is 0 Å². The van der Waals surface area contributed by atoms with Crippen molar-refractivity contribution in [2.45, 2.75) is 63.6 Å². The number of hydrogen-bond donors (Lipinski definition) is 5. The summed E-state index contributed by atoms with van der Waals surface area (Å²) in [4.78, 5) is 25.3. The normalized spacial score (nSPS) is 15.0. The second kappa shape index (κ2) is 12.2. The highest BCUT2D eigenvalue weighted by molar-refractivity contribution is 5.86. The fraction of sp³-hybridized carbons (Fsp3) is 0.867. The Hall–Kier alpha value is -1.22. The Morgan fingerprint density at radius 1 is 1.04 bits per heavy atom. The number of carbonyl (C=O) groups is 2. The maximum Gasteiger partial charge on any atom is 0.326 e. The van der Waals surface area contributed by atoms with E-state index in [1.54, 1.807) is 0 Å². The van der Waals surface area contributed by atoms with E-state index in [0.29, 0.717) is 45.2 Å². The van der Waals surface area contributed by atoms with Gasteiger partial charge in [-0.05, 0) is 52.1 Å². The van der Waals surface area contributed by atoms with Crippen LogP contribution in [0.5, 0.6) is 0 Å². The molecule has 0 aromatic heterocycles. The first-order chi connectivity index (χ1) is 10.8. The first-order valence-corrected chi connectivity index (χ1v) is 8.22. The molecule has 0 aliphatic carbocycles. The molecule has 0 saturated heterocycles. The Morgan fingerprint density at radius 3 is 2.00 bits per heavy atom. The first-order valence-electron chi connectivity index (χ1n) is 8.22. The molecule has 0 radical (unpaired) electrons. The van der Waals surface area contributed by atoms with Crippen molar-refractivity contribution in [1.29, 1.82) is 0 Å². The van der Waals surface area contributed by atoms with Gasteiger partial charge in [0.1, 0.15) is 6.04 Å². The van der Waals surface area contributed by atoms with Gasteiger partial charge in [-0.25, -0.2) is 4.79 Å². The van der Waals surface area contributed by atoms with E-state index in [-0.39, 0.29) is 6.54 Å². The third-order valence-electron chi connectivity index (χ3n) is 3.62. The van der Waals surface area contributed by atoms with Gasteiger partial charge in [0.25, 0.3) is 0 Å². The lowest BCUT2D eigenvalue weighted by Gasteiger charge is -2.32. The van der Waals surface area contributed by atoms with E-state index in [0.717, 1.165) is 6.42 Å². The predicted octanol–water partition coefficient (Wildman–Crippen LogP) is -0.766. The van der Waals surface area contributed by atoms with E-state index in [2.05, 4.69) is 0 Å². The average molecular weight is 332 g/mol. The van der Waals surface area contributed by atoms with Gasteiger partial charge in [0.2, 0.25) is 5.91 Å². The molecule has 3 atom stereocenters. The third kappa shape index (κ3) is 8.85. The molecule has 0 heterocycles. The molecule has 8 nitrogen and oxygen atoms in total. The Kier molecular flexibility index (Phi) is 11.6. The smallest absolute Gasteiger partial charge is 0.326 e. The third-order valence-corrected chi connectivity index (χ3v) is 3.62. The zero-order valence-corrected chi connectivity index (χ0v) is 14.0. The minimum Gasteiger partial charge on any atom is -0.480 e. The molecule has 8 N–H and O–H groups in total. The van der Waals surface area contributed by atoms with Gasteiger partial charge in [-0.3, -0.25) is 4.79 Å². The van der Waals surface area contributed by atoms with Crippen LogP contribution in [-0.4, -0.2) is 64.8 Å². The van der Waals surface area contributed by atoms with E-state index in [9.17, 15) is 19.8 Å². The molecule has 23 heavy (non-hydrogen) atoms. The number of carboxylic acid groups (broad SMARTS) is 1. The lowest BCUT2D eigenvalue weighted by atomic mass is 10.0. The Balaban J connectivity index is 4.97. The maximum atomic E-state index is 12.5. The summed E-state index contributed by atoms with van der Waals surface area (Å²) in [7, 11) is 0. The van der Waals surface area contributed by atoms with Crippen molar-refractivity contribution in [2.24, 2.45) is 17.2 Å². The van der Waals surface area contributed by atoms with Gasteiger partial charge < -0.3 is 32.3 Å². The molecule has 1 amide bonds. The van der Waals surface area contributed by atoms with Crippen LogP contribution >= 0.6 is 0 Å². The first kappa shape index (κ1) is 21.8. The predicted molar refractivity (Wildman–Crippen MR) is 88.6 cm³/mol. The summed E-state index contributed by atoms with van der Waals surface area (Å²) < 4.78 is 0. The summed E-state index contributed by atoms with van der Waals surface area (Å²) in [6.07, 6.45) is 2.66. The van der Waals surface area contributed by atoms with E-state index in [4.69, 9.17) is 17.2 Å². The van der Waals surface area contributed by atoms with Crippen LogP contribution in [0.2, 0.25) is 0 Å². The van der Waals surface area contributed by atoms with Gasteiger partial charge in [0.15, 0.2) is 0 Å². The van der Waals surface area contributed by atoms with E-state index < -0.39 is 30.1 Å². The summed E-state index contributed by atoms with van der Waals surface area (Å²) in [5, 5.41) is 19.0. The molecule has 0 aromatic carbocycles. The zero-order chi connectivity index (χ0) is 17.8. The van der Waals surface area contributed by atoms with E-state index in [1.807, 2.05) is 0 Å². The number of hydrogen-bond acceptors (Lipinski definition) is 6. The average Bonchev–Trinajstić information content (AvgIpc) is 2.48. The van der Waals surface area contributed by atoms with Crippen LogP contribution in [-0.2, 0) is 9.59 Å². The number of carbonyl (C=O) groups excluding carboxylic acids is 1. The highest BCUT2D eigenvalue weighted by atomic mass is 16.4. The number of aliphatic hydroxyl groups is 1. The molecule has 0 fully saturated rings. The Morgan fingerprint density at radius 2 is 1.57 bits per heavy atom. The number of aliphatic hydroxyl groups excluding tert-OH is 1. The highest BCUT2D eigenvalue weighted by Crippen LogP contribution is 2.13. The lowest BCUT2D eigenvalue weighted by Crippen LogP contribution is -2.53. The quantitative estimate of drug-likeness (QED) is 0.277. The van der Waals surface area contributed by atoms with Crippen molar-refractivity contribution in [3.8, 4) is 0 Å². The number of aliphatic carboxylic acids is 1. The largest absolute Gasteiger partial charge is 0.480 e. The van der Waals surface area contributed by atoms with Crippen molar-refractivity contribution in [3.63, 3.8) is 0 Å². The molecule has 0 saturated carbocycles. The summed E-state index contributed by atoms with van der Waals surface area (Å²) in [5.41, 5.74) is 16.7. The standard InChI is InChI=1S/C15H32N4O4/c1-11(20)10-19(13(15(22)23)7-3-5-9-17)14(21)12(18)6-2-4-8-16/h11-13,20H,2-10,16-18H2,1H3,(H,22,23)/t11?,12-,13-/m0/s1. The SMILES string of the molecule is CC(O)CN(C(=O)[C@@H](N)CCCCN)[C@@H](CCCCN)C(=O)O. The molecule has 0 aliphatic heterocycles. The van der Waals surface area contributed by atoms with Crippen molar-refractivity contribution >= 4 is 11.9 Å². The van der Waals surface area contributed by atoms with Crippen molar-refractivity contribution in [2.75, 3.05) is 19.6 Å². The topological polar surface area (TPSA) is 156 Å². The molecule has 8 heteroatoms.